The van der Waals surface area contributed by atoms with Gasteiger partial charge < -0.3 is 19.3 Å². The predicted octanol–water partition coefficient (Wildman–Crippen LogP) is 2.15. The van der Waals surface area contributed by atoms with Crippen LogP contribution in [0.1, 0.15) is 42.8 Å². The summed E-state index contributed by atoms with van der Waals surface area (Å²) in [6.45, 7) is 5.01. The number of benzene rings is 1. The number of aromatic nitrogens is 2. The number of carboxylic acid groups (broad SMARTS) is 1. The molecular weight excluding hydrogens is 326 g/mol. The van der Waals surface area contributed by atoms with Gasteiger partial charge in [0, 0.05) is 19.0 Å². The maximum Gasteiger partial charge on any atom is 0.329 e. The van der Waals surface area contributed by atoms with Crippen molar-refractivity contribution in [1.82, 2.24) is 15.0 Å². The molecule has 0 radical (unpaired) electrons. The molecule has 1 aromatic heterocycles. The minimum absolute atomic E-state index is 0.155. The molecule has 0 fully saturated rings. The number of amides is 1. The van der Waals surface area contributed by atoms with Gasteiger partial charge in [-0.1, -0.05) is 12.1 Å². The summed E-state index contributed by atoms with van der Waals surface area (Å²) < 4.78 is 10.5. The molecule has 0 atom stereocenters. The molecule has 0 aliphatic carbocycles. The molecule has 0 spiro atoms. The van der Waals surface area contributed by atoms with Gasteiger partial charge in [-0.3, -0.25) is 4.79 Å². The van der Waals surface area contributed by atoms with Crippen molar-refractivity contribution in [3.63, 3.8) is 0 Å². The van der Waals surface area contributed by atoms with Crippen molar-refractivity contribution in [2.75, 3.05) is 7.05 Å². The van der Waals surface area contributed by atoms with Gasteiger partial charge in [0.15, 0.2) is 6.61 Å². The number of ether oxygens (including phenoxy) is 1. The van der Waals surface area contributed by atoms with E-state index in [1.807, 2.05) is 6.92 Å². The summed E-state index contributed by atoms with van der Waals surface area (Å²) in [5, 5.41) is 13.0. The zero-order valence-electron chi connectivity index (χ0n) is 14.6. The normalized spacial score (nSPS) is 11.2. The number of carbonyl (C=O) groups excluding carboxylic acids is 1. The molecule has 0 aliphatic rings. The van der Waals surface area contributed by atoms with E-state index in [0.717, 1.165) is 0 Å². The van der Waals surface area contributed by atoms with E-state index in [2.05, 4.69) is 10.1 Å². The lowest BCUT2D eigenvalue weighted by Gasteiger charge is -2.31. The third-order valence-corrected chi connectivity index (χ3v) is 3.95. The zero-order chi connectivity index (χ0) is 18.6. The van der Waals surface area contributed by atoms with E-state index in [-0.39, 0.29) is 12.5 Å². The number of carbonyl (C=O) groups is 2. The Balaban J connectivity index is 2.01. The summed E-state index contributed by atoms with van der Waals surface area (Å²) in [5.41, 5.74) is -0.931. The Kier molecular flexibility index (Phi) is 5.41. The molecule has 8 nitrogen and oxygen atoms in total. The van der Waals surface area contributed by atoms with Crippen molar-refractivity contribution in [2.45, 2.75) is 39.3 Å². The Morgan fingerprint density at radius 2 is 1.92 bits per heavy atom. The molecule has 25 heavy (non-hydrogen) atoms. The van der Waals surface area contributed by atoms with Gasteiger partial charge in [0.05, 0.1) is 0 Å². The SMILES string of the molecule is CCc1nc(COc2ccc(C(=O)N(C)C(C)(C)C(=O)O)cc2)no1. The topological polar surface area (TPSA) is 106 Å². The van der Waals surface area contributed by atoms with Crippen LogP contribution in [-0.2, 0) is 17.8 Å². The van der Waals surface area contributed by atoms with Gasteiger partial charge in [-0.25, -0.2) is 4.79 Å². The van der Waals surface area contributed by atoms with Crippen molar-refractivity contribution in [2.24, 2.45) is 0 Å². The molecule has 134 valence electrons. The van der Waals surface area contributed by atoms with Crippen molar-refractivity contribution < 1.29 is 24.0 Å². The zero-order valence-corrected chi connectivity index (χ0v) is 14.6. The van der Waals surface area contributed by atoms with Gasteiger partial charge in [-0.05, 0) is 38.1 Å². The number of carboxylic acids is 1. The molecular formula is C17H21N3O5. The summed E-state index contributed by atoms with van der Waals surface area (Å²) in [4.78, 5) is 29.0. The lowest BCUT2D eigenvalue weighted by Crippen LogP contribution is -2.50. The number of nitrogens with zero attached hydrogens (tertiary/aromatic N) is 3. The molecule has 8 heteroatoms. The van der Waals surface area contributed by atoms with Crippen LogP contribution in [0.3, 0.4) is 0 Å². The molecule has 1 N–H and O–H groups in total. The third-order valence-electron chi connectivity index (χ3n) is 3.95. The predicted molar refractivity (Wildman–Crippen MR) is 88.3 cm³/mol. The van der Waals surface area contributed by atoms with Gasteiger partial charge in [0.2, 0.25) is 11.7 Å². The average Bonchev–Trinajstić information content (AvgIpc) is 3.07. The third kappa shape index (κ3) is 4.14. The summed E-state index contributed by atoms with van der Waals surface area (Å²) in [6.07, 6.45) is 0.657. The highest BCUT2D eigenvalue weighted by Gasteiger charge is 2.35. The minimum Gasteiger partial charge on any atom is -0.485 e. The molecule has 2 rings (SSSR count). The van der Waals surface area contributed by atoms with Crippen LogP contribution in [0, 0.1) is 0 Å². The Labute approximate surface area is 145 Å². The molecule has 0 unspecified atom stereocenters. The number of aryl methyl sites for hydroxylation is 1. The van der Waals surface area contributed by atoms with Crippen LogP contribution in [0.2, 0.25) is 0 Å². The van der Waals surface area contributed by atoms with E-state index in [1.54, 1.807) is 24.3 Å². The van der Waals surface area contributed by atoms with Gasteiger partial charge in [-0.2, -0.15) is 4.98 Å². The van der Waals surface area contributed by atoms with Crippen LogP contribution >= 0.6 is 0 Å². The van der Waals surface area contributed by atoms with Crippen molar-refractivity contribution in [3.8, 4) is 5.75 Å². The maximum absolute atomic E-state index is 12.4. The van der Waals surface area contributed by atoms with Gasteiger partial charge >= 0.3 is 5.97 Å². The fraction of sp³-hybridized carbons (Fsp3) is 0.412. The fourth-order valence-electron chi connectivity index (χ4n) is 1.92. The molecule has 0 saturated carbocycles. The second-order valence-electron chi connectivity index (χ2n) is 6.00. The van der Waals surface area contributed by atoms with Crippen molar-refractivity contribution >= 4 is 11.9 Å². The molecule has 0 saturated heterocycles. The average molecular weight is 347 g/mol. The first kappa shape index (κ1) is 18.4. The molecule has 1 heterocycles. The van der Waals surface area contributed by atoms with Gasteiger partial charge in [0.25, 0.3) is 5.91 Å². The highest BCUT2D eigenvalue weighted by molar-refractivity contribution is 5.97. The molecule has 0 aliphatic heterocycles. The number of hydrogen-bond donors (Lipinski definition) is 1. The van der Waals surface area contributed by atoms with Crippen molar-refractivity contribution in [3.05, 3.63) is 41.5 Å². The highest BCUT2D eigenvalue weighted by Crippen LogP contribution is 2.19. The quantitative estimate of drug-likeness (QED) is 0.818. The first-order chi connectivity index (χ1) is 11.8. The van der Waals surface area contributed by atoms with Crippen LogP contribution in [0.25, 0.3) is 0 Å². The number of hydrogen-bond acceptors (Lipinski definition) is 6. The summed E-state index contributed by atoms with van der Waals surface area (Å²) in [6, 6.07) is 6.44. The molecule has 0 bridgehead atoms. The van der Waals surface area contributed by atoms with E-state index < -0.39 is 11.5 Å². The van der Waals surface area contributed by atoms with Crippen LogP contribution in [0.4, 0.5) is 0 Å². The minimum atomic E-state index is -1.30. The summed E-state index contributed by atoms with van der Waals surface area (Å²) >= 11 is 0. The van der Waals surface area contributed by atoms with E-state index in [4.69, 9.17) is 9.26 Å². The largest absolute Gasteiger partial charge is 0.485 e. The first-order valence-corrected chi connectivity index (χ1v) is 7.81. The van der Waals surface area contributed by atoms with Crippen molar-refractivity contribution in [1.29, 1.82) is 0 Å². The van der Waals surface area contributed by atoms with E-state index in [1.165, 1.54) is 25.8 Å². The van der Waals surface area contributed by atoms with Crippen LogP contribution < -0.4 is 4.74 Å². The Bertz CT molecular complexity index is 752. The lowest BCUT2D eigenvalue weighted by atomic mass is 10.0. The summed E-state index contributed by atoms with van der Waals surface area (Å²) in [5.74, 6) is 0.0719. The number of aliphatic carboxylic acids is 1. The summed E-state index contributed by atoms with van der Waals surface area (Å²) in [7, 11) is 1.46. The van der Waals surface area contributed by atoms with Gasteiger partial charge in [-0.15, -0.1) is 0 Å². The van der Waals surface area contributed by atoms with Crippen LogP contribution in [-0.4, -0.2) is 44.6 Å². The van der Waals surface area contributed by atoms with Crippen LogP contribution in [0.5, 0.6) is 5.75 Å². The Morgan fingerprint density at radius 1 is 1.28 bits per heavy atom. The molecule has 2 aromatic rings. The molecule has 1 aromatic carbocycles. The standard InChI is InChI=1S/C17H21N3O5/c1-5-14-18-13(19-25-14)10-24-12-8-6-11(7-9-12)15(21)20(4)17(2,3)16(22)23/h6-9H,5,10H2,1-4H3,(H,22,23). The number of likely N-dealkylation sites (N-methyl/N-ethyl adjacent to an activating group) is 1. The van der Waals surface area contributed by atoms with E-state index in [0.29, 0.717) is 29.4 Å². The second kappa shape index (κ2) is 7.33. The lowest BCUT2D eigenvalue weighted by molar-refractivity contribution is -0.147. The maximum atomic E-state index is 12.4. The van der Waals surface area contributed by atoms with E-state index >= 15 is 0 Å². The van der Waals surface area contributed by atoms with Gasteiger partial charge in [0.1, 0.15) is 11.3 Å². The molecule has 1 amide bonds. The monoisotopic (exact) mass is 347 g/mol. The Hall–Kier alpha value is -2.90. The van der Waals surface area contributed by atoms with Crippen LogP contribution in [0.15, 0.2) is 28.8 Å². The highest BCUT2D eigenvalue weighted by atomic mass is 16.5. The fourth-order valence-corrected chi connectivity index (χ4v) is 1.92. The first-order valence-electron chi connectivity index (χ1n) is 7.81. The Morgan fingerprint density at radius 3 is 2.44 bits per heavy atom. The smallest absolute Gasteiger partial charge is 0.329 e. The number of rotatable bonds is 7. The second-order valence-corrected chi connectivity index (χ2v) is 6.00. The van der Waals surface area contributed by atoms with E-state index in [9.17, 15) is 14.7 Å².